The van der Waals surface area contributed by atoms with E-state index < -0.39 is 6.03 Å². The lowest BCUT2D eigenvalue weighted by Crippen LogP contribution is -2.55. The van der Waals surface area contributed by atoms with Gasteiger partial charge in [-0.3, -0.25) is 0 Å². The van der Waals surface area contributed by atoms with Gasteiger partial charge in [0.2, 0.25) is 0 Å². The van der Waals surface area contributed by atoms with E-state index in [1.54, 1.807) is 5.01 Å². The zero-order valence-electron chi connectivity index (χ0n) is 15.3. The minimum absolute atomic E-state index is 0.319. The lowest BCUT2D eigenvalue weighted by Gasteiger charge is -2.42. The second-order valence-corrected chi connectivity index (χ2v) is 6.98. The number of piperidine rings is 1. The molecule has 25 heavy (non-hydrogen) atoms. The average Bonchev–Trinajstić information content (AvgIpc) is 2.63. The zero-order valence-corrected chi connectivity index (χ0v) is 15.3. The van der Waals surface area contributed by atoms with E-state index in [-0.39, 0.29) is 0 Å². The number of nitrogens with zero attached hydrogens (tertiary/aromatic N) is 4. The van der Waals surface area contributed by atoms with Crippen molar-refractivity contribution < 1.29 is 4.79 Å². The number of nitrogens with two attached hydrogens (primary N) is 1. The monoisotopic (exact) mass is 346 g/mol. The first-order chi connectivity index (χ1) is 12.1. The van der Waals surface area contributed by atoms with Crippen LogP contribution in [0.2, 0.25) is 0 Å². The van der Waals surface area contributed by atoms with Crippen molar-refractivity contribution in [1.29, 1.82) is 0 Å². The predicted molar refractivity (Wildman–Crippen MR) is 102 cm³/mol. The Balaban J connectivity index is 1.86. The number of nitrogens with one attached hydrogen (secondary N) is 1. The molecule has 2 amide bonds. The summed E-state index contributed by atoms with van der Waals surface area (Å²) in [5.41, 5.74) is 7.75. The first kappa shape index (κ1) is 18.0. The Morgan fingerprint density at radius 2 is 1.80 bits per heavy atom. The summed E-state index contributed by atoms with van der Waals surface area (Å²) in [5, 5.41) is 7.07. The van der Waals surface area contributed by atoms with Crippen LogP contribution in [0.4, 0.5) is 16.2 Å². The number of anilines is 2. The lowest BCUT2D eigenvalue weighted by molar-refractivity contribution is 0.137. The molecule has 2 aliphatic rings. The highest BCUT2D eigenvalue weighted by Gasteiger charge is 2.30. The second kappa shape index (κ2) is 8.03. The van der Waals surface area contributed by atoms with Crippen LogP contribution in [0, 0.1) is 0 Å². The predicted octanol–water partition coefficient (Wildman–Crippen LogP) is 0.922. The minimum atomic E-state index is -0.427. The number of benzene rings is 1. The number of primary amides is 1. The summed E-state index contributed by atoms with van der Waals surface area (Å²) >= 11 is 0. The van der Waals surface area contributed by atoms with Gasteiger partial charge >= 0.3 is 6.03 Å². The molecule has 3 rings (SSSR count). The second-order valence-electron chi connectivity index (χ2n) is 6.98. The smallest absolute Gasteiger partial charge is 0.334 e. The van der Waals surface area contributed by atoms with Gasteiger partial charge in [0, 0.05) is 39.3 Å². The van der Waals surface area contributed by atoms with Crippen molar-refractivity contribution in [3.05, 3.63) is 24.3 Å². The fraction of sp³-hybridized carbons (Fsp3) is 0.611. The van der Waals surface area contributed by atoms with Crippen LogP contribution in [0.15, 0.2) is 24.3 Å². The third-order valence-corrected chi connectivity index (χ3v) is 5.31. The van der Waals surface area contributed by atoms with Gasteiger partial charge < -0.3 is 20.9 Å². The molecular weight excluding hydrogens is 316 g/mol. The van der Waals surface area contributed by atoms with Gasteiger partial charge in [0.1, 0.15) is 0 Å². The van der Waals surface area contributed by atoms with Crippen LogP contribution >= 0.6 is 0 Å². The van der Waals surface area contributed by atoms with Gasteiger partial charge in [-0.1, -0.05) is 12.1 Å². The number of likely N-dealkylation sites (tertiary alicyclic amines) is 1. The van der Waals surface area contributed by atoms with Gasteiger partial charge in [0.15, 0.2) is 0 Å². The topological polar surface area (TPSA) is 68.1 Å². The fourth-order valence-corrected chi connectivity index (χ4v) is 3.79. The molecule has 2 saturated heterocycles. The van der Waals surface area contributed by atoms with Crippen molar-refractivity contribution in [2.75, 3.05) is 63.3 Å². The Kier molecular flexibility index (Phi) is 5.78. The number of hydrazine groups is 1. The molecule has 3 N–H and O–H groups in total. The normalized spacial score (nSPS) is 20.0. The van der Waals surface area contributed by atoms with Gasteiger partial charge in [-0.25, -0.2) is 14.8 Å². The van der Waals surface area contributed by atoms with Crippen molar-refractivity contribution in [2.24, 2.45) is 5.73 Å². The summed E-state index contributed by atoms with van der Waals surface area (Å²) in [7, 11) is 4.12. The number of carbonyl (C=O) groups excluding carboxylic acids is 1. The highest BCUT2D eigenvalue weighted by atomic mass is 16.2. The lowest BCUT2D eigenvalue weighted by atomic mass is 10.1. The minimum Gasteiger partial charge on any atom is -0.367 e. The van der Waals surface area contributed by atoms with E-state index in [4.69, 9.17) is 5.73 Å². The largest absolute Gasteiger partial charge is 0.367 e. The van der Waals surface area contributed by atoms with E-state index in [0.717, 1.165) is 63.5 Å². The summed E-state index contributed by atoms with van der Waals surface area (Å²) in [5.74, 6) is 0. The van der Waals surface area contributed by atoms with E-state index in [0.29, 0.717) is 6.04 Å². The first-order valence-corrected chi connectivity index (χ1v) is 9.13. The SMILES string of the molecule is CN1CCC(N(C)N(C(N)=O)c2ccccc2N2CCNCC2)CC1. The van der Waals surface area contributed by atoms with Gasteiger partial charge in [0.05, 0.1) is 11.4 Å². The van der Waals surface area contributed by atoms with Crippen LogP contribution < -0.4 is 21.0 Å². The number of amides is 2. The summed E-state index contributed by atoms with van der Waals surface area (Å²) < 4.78 is 0. The third kappa shape index (κ3) is 4.05. The number of hydrogen-bond donors (Lipinski definition) is 2. The van der Waals surface area contributed by atoms with Crippen molar-refractivity contribution in [3.63, 3.8) is 0 Å². The molecule has 0 spiro atoms. The molecule has 0 bridgehead atoms. The summed E-state index contributed by atoms with van der Waals surface area (Å²) in [6.45, 7) is 5.86. The zero-order chi connectivity index (χ0) is 17.8. The highest BCUT2D eigenvalue weighted by Crippen LogP contribution is 2.31. The molecule has 2 heterocycles. The van der Waals surface area contributed by atoms with Crippen LogP contribution in [-0.2, 0) is 0 Å². The summed E-state index contributed by atoms with van der Waals surface area (Å²) in [6, 6.07) is 7.96. The van der Waals surface area contributed by atoms with Gasteiger partial charge in [-0.2, -0.15) is 0 Å². The van der Waals surface area contributed by atoms with Crippen molar-refractivity contribution >= 4 is 17.4 Å². The average molecular weight is 346 g/mol. The van der Waals surface area contributed by atoms with Crippen LogP contribution in [0.3, 0.4) is 0 Å². The molecule has 138 valence electrons. The number of hydrogen-bond acceptors (Lipinski definition) is 5. The van der Waals surface area contributed by atoms with Crippen molar-refractivity contribution in [3.8, 4) is 0 Å². The fourth-order valence-electron chi connectivity index (χ4n) is 3.79. The van der Waals surface area contributed by atoms with Crippen LogP contribution in [0.1, 0.15) is 12.8 Å². The molecule has 1 aromatic rings. The van der Waals surface area contributed by atoms with E-state index in [1.165, 1.54) is 0 Å². The molecule has 2 fully saturated rings. The van der Waals surface area contributed by atoms with Crippen LogP contribution in [0.25, 0.3) is 0 Å². The maximum atomic E-state index is 12.3. The number of urea groups is 1. The van der Waals surface area contributed by atoms with E-state index in [9.17, 15) is 4.79 Å². The molecule has 0 unspecified atom stereocenters. The molecule has 0 aromatic heterocycles. The summed E-state index contributed by atoms with van der Waals surface area (Å²) in [6.07, 6.45) is 2.07. The molecule has 0 atom stereocenters. The Morgan fingerprint density at radius 3 is 2.44 bits per heavy atom. The molecular formula is C18H30N6O. The maximum Gasteiger partial charge on any atom is 0.334 e. The molecule has 7 nitrogen and oxygen atoms in total. The third-order valence-electron chi connectivity index (χ3n) is 5.31. The van der Waals surface area contributed by atoms with Crippen LogP contribution in [0.5, 0.6) is 0 Å². The molecule has 1 aromatic carbocycles. The highest BCUT2D eigenvalue weighted by molar-refractivity contribution is 5.93. The maximum absolute atomic E-state index is 12.3. The number of carbonyl (C=O) groups is 1. The van der Waals surface area contributed by atoms with Gasteiger partial charge in [-0.15, -0.1) is 0 Å². The van der Waals surface area contributed by atoms with E-state index in [2.05, 4.69) is 28.2 Å². The Hall–Kier alpha value is -1.83. The standard InChI is InChI=1S/C18H30N6O/c1-21-11-7-15(8-12-21)22(2)24(18(19)25)17-6-4-3-5-16(17)23-13-9-20-10-14-23/h3-6,15,20H,7-14H2,1-2H3,(H2,19,25). The summed E-state index contributed by atoms with van der Waals surface area (Å²) in [4.78, 5) is 17.0. The van der Waals surface area contributed by atoms with E-state index >= 15 is 0 Å². The molecule has 0 saturated carbocycles. The van der Waals surface area contributed by atoms with Crippen LogP contribution in [-0.4, -0.2) is 75.3 Å². The van der Waals surface area contributed by atoms with Gasteiger partial charge in [-0.05, 0) is 45.1 Å². The Labute approximate surface area is 150 Å². The number of para-hydroxylation sites is 2. The first-order valence-electron chi connectivity index (χ1n) is 9.13. The molecule has 0 radical (unpaired) electrons. The Bertz CT molecular complexity index is 581. The number of rotatable bonds is 4. The van der Waals surface area contributed by atoms with Crippen molar-refractivity contribution in [1.82, 2.24) is 15.2 Å². The van der Waals surface area contributed by atoms with E-state index in [1.807, 2.05) is 30.3 Å². The quantitative estimate of drug-likeness (QED) is 0.794. The molecule has 0 aliphatic carbocycles. The Morgan fingerprint density at radius 1 is 1.16 bits per heavy atom. The molecule has 2 aliphatic heterocycles. The number of piperazine rings is 1. The van der Waals surface area contributed by atoms with Gasteiger partial charge in [0.25, 0.3) is 0 Å². The molecule has 7 heteroatoms. The van der Waals surface area contributed by atoms with Crippen molar-refractivity contribution in [2.45, 2.75) is 18.9 Å².